The number of halogens is 5. The fourth-order valence-electron chi connectivity index (χ4n) is 3.92. The van der Waals surface area contributed by atoms with Crippen molar-refractivity contribution >= 4 is 11.7 Å². The first-order valence-electron chi connectivity index (χ1n) is 10.6. The molecule has 2 aromatic heterocycles. The number of amides is 1. The quantitative estimate of drug-likeness (QED) is 0.493. The van der Waals surface area contributed by atoms with E-state index in [2.05, 4.69) is 15.3 Å². The monoisotopic (exact) mass is 476 g/mol. The number of piperidine rings is 1. The van der Waals surface area contributed by atoms with Gasteiger partial charge in [-0.05, 0) is 23.8 Å². The maximum Gasteiger partial charge on any atom is 0.417 e. The number of rotatable bonds is 5. The molecule has 1 N–H and O–H groups in total. The van der Waals surface area contributed by atoms with Crippen LogP contribution in [0.15, 0.2) is 67.0 Å². The number of benzene rings is 1. The van der Waals surface area contributed by atoms with E-state index in [1.807, 2.05) is 30.3 Å². The Morgan fingerprint density at radius 3 is 2.50 bits per heavy atom. The Balaban J connectivity index is 1.55. The number of likely N-dealkylation sites (tertiary alicyclic amines) is 1. The molecule has 3 aromatic rings. The lowest BCUT2D eigenvalue weighted by Gasteiger charge is -2.39. The molecular formula is C24H21F5N4O. The van der Waals surface area contributed by atoms with Crippen molar-refractivity contribution in [3.63, 3.8) is 0 Å². The summed E-state index contributed by atoms with van der Waals surface area (Å²) >= 11 is 0. The number of nitrogens with one attached hydrogen (secondary N) is 1. The highest BCUT2D eigenvalue weighted by Crippen LogP contribution is 2.34. The average molecular weight is 476 g/mol. The Morgan fingerprint density at radius 2 is 1.82 bits per heavy atom. The number of nitrogens with zero attached hydrogens (tertiary/aromatic N) is 3. The third-order valence-electron chi connectivity index (χ3n) is 5.66. The fraction of sp³-hybridized carbons (Fsp3) is 0.292. The van der Waals surface area contributed by atoms with E-state index in [0.717, 1.165) is 17.7 Å². The molecule has 5 nitrogen and oxygen atoms in total. The molecule has 0 aliphatic carbocycles. The number of pyridine rings is 2. The van der Waals surface area contributed by atoms with Crippen LogP contribution in [0.2, 0.25) is 0 Å². The molecule has 1 aliphatic heterocycles. The first kappa shape index (κ1) is 23.6. The maximum atomic E-state index is 14.2. The van der Waals surface area contributed by atoms with Crippen molar-refractivity contribution in [3.05, 3.63) is 78.2 Å². The standard InChI is InChI=1S/C24H21F5N4O/c25-23(26)10-12-33(18(13-23)15-32-20-9-8-17(14-31-20)24(27,28)29)22(34)21-19(7-4-11-30-21)16-5-2-1-3-6-16/h1-9,11,14,18H,10,12-13,15H2,(H,31,32). The van der Waals surface area contributed by atoms with Crippen LogP contribution in [0.4, 0.5) is 27.8 Å². The Morgan fingerprint density at radius 1 is 1.06 bits per heavy atom. The van der Waals surface area contributed by atoms with Gasteiger partial charge in [0.1, 0.15) is 11.5 Å². The molecule has 1 fully saturated rings. The van der Waals surface area contributed by atoms with Crippen LogP contribution in [0.1, 0.15) is 28.9 Å². The molecule has 34 heavy (non-hydrogen) atoms. The van der Waals surface area contributed by atoms with Crippen molar-refractivity contribution in [2.24, 2.45) is 0 Å². The summed E-state index contributed by atoms with van der Waals surface area (Å²) in [6.07, 6.45) is -3.46. The van der Waals surface area contributed by atoms with E-state index in [4.69, 9.17) is 0 Å². The van der Waals surface area contributed by atoms with Gasteiger partial charge < -0.3 is 10.2 Å². The summed E-state index contributed by atoms with van der Waals surface area (Å²) in [6.45, 7) is -0.281. The van der Waals surface area contributed by atoms with Gasteiger partial charge in [0, 0.05) is 43.9 Å². The van der Waals surface area contributed by atoms with E-state index < -0.39 is 42.5 Å². The number of alkyl halides is 5. The van der Waals surface area contributed by atoms with Gasteiger partial charge in [-0.1, -0.05) is 36.4 Å². The number of anilines is 1. The average Bonchev–Trinajstić information content (AvgIpc) is 2.82. The van der Waals surface area contributed by atoms with E-state index in [-0.39, 0.29) is 24.6 Å². The molecule has 3 heterocycles. The second kappa shape index (κ2) is 9.36. The Bertz CT molecular complexity index is 1140. The minimum Gasteiger partial charge on any atom is -0.368 e. The van der Waals surface area contributed by atoms with Crippen molar-refractivity contribution in [2.45, 2.75) is 31.0 Å². The molecule has 1 aliphatic rings. The second-order valence-electron chi connectivity index (χ2n) is 8.04. The highest BCUT2D eigenvalue weighted by atomic mass is 19.4. The number of aromatic nitrogens is 2. The lowest BCUT2D eigenvalue weighted by atomic mass is 9.96. The van der Waals surface area contributed by atoms with Gasteiger partial charge in [-0.25, -0.2) is 13.8 Å². The van der Waals surface area contributed by atoms with Crippen LogP contribution in [0, 0.1) is 0 Å². The summed E-state index contributed by atoms with van der Waals surface area (Å²) in [5, 5.41) is 2.79. The maximum absolute atomic E-state index is 14.2. The van der Waals surface area contributed by atoms with Gasteiger partial charge in [-0.3, -0.25) is 9.78 Å². The highest BCUT2D eigenvalue weighted by Gasteiger charge is 2.42. The van der Waals surface area contributed by atoms with Gasteiger partial charge in [0.15, 0.2) is 0 Å². The number of carbonyl (C=O) groups excluding carboxylic acids is 1. The van der Waals surface area contributed by atoms with Crippen molar-refractivity contribution in [2.75, 3.05) is 18.4 Å². The summed E-state index contributed by atoms with van der Waals surface area (Å²) in [5.41, 5.74) is 0.589. The van der Waals surface area contributed by atoms with Crippen LogP contribution in [-0.4, -0.2) is 45.8 Å². The van der Waals surface area contributed by atoms with Crippen LogP contribution in [-0.2, 0) is 6.18 Å². The number of hydrogen-bond acceptors (Lipinski definition) is 4. The van der Waals surface area contributed by atoms with Crippen molar-refractivity contribution < 1.29 is 26.7 Å². The molecule has 4 rings (SSSR count). The van der Waals surface area contributed by atoms with E-state index in [0.29, 0.717) is 11.8 Å². The number of carbonyl (C=O) groups is 1. The third-order valence-corrected chi connectivity index (χ3v) is 5.66. The van der Waals surface area contributed by atoms with E-state index in [1.165, 1.54) is 11.1 Å². The first-order valence-corrected chi connectivity index (χ1v) is 10.6. The largest absolute Gasteiger partial charge is 0.417 e. The van der Waals surface area contributed by atoms with Crippen LogP contribution >= 0.6 is 0 Å². The Kier molecular flexibility index (Phi) is 6.49. The van der Waals surface area contributed by atoms with E-state index >= 15 is 0 Å². The molecule has 1 amide bonds. The smallest absolute Gasteiger partial charge is 0.368 e. The lowest BCUT2D eigenvalue weighted by Crippen LogP contribution is -2.52. The fourth-order valence-corrected chi connectivity index (χ4v) is 3.92. The van der Waals surface area contributed by atoms with Gasteiger partial charge in [-0.15, -0.1) is 0 Å². The summed E-state index contributed by atoms with van der Waals surface area (Å²) in [5.74, 6) is -3.36. The summed E-state index contributed by atoms with van der Waals surface area (Å²) < 4.78 is 66.7. The van der Waals surface area contributed by atoms with E-state index in [1.54, 1.807) is 12.1 Å². The predicted octanol–water partition coefficient (Wildman–Crippen LogP) is 5.51. The van der Waals surface area contributed by atoms with Gasteiger partial charge in [0.2, 0.25) is 0 Å². The summed E-state index contributed by atoms with van der Waals surface area (Å²) in [6, 6.07) is 13.6. The molecule has 178 valence electrons. The molecule has 0 bridgehead atoms. The zero-order valence-corrected chi connectivity index (χ0v) is 17.9. The lowest BCUT2D eigenvalue weighted by molar-refractivity contribution is -0.137. The molecule has 10 heteroatoms. The minimum absolute atomic E-state index is 0.0945. The molecular weight excluding hydrogens is 455 g/mol. The van der Waals surface area contributed by atoms with Crippen LogP contribution in [0.25, 0.3) is 11.1 Å². The van der Waals surface area contributed by atoms with Gasteiger partial charge >= 0.3 is 6.18 Å². The number of hydrogen-bond donors (Lipinski definition) is 1. The van der Waals surface area contributed by atoms with Crippen molar-refractivity contribution in [1.29, 1.82) is 0 Å². The van der Waals surface area contributed by atoms with Gasteiger partial charge in [0.25, 0.3) is 11.8 Å². The second-order valence-corrected chi connectivity index (χ2v) is 8.04. The van der Waals surface area contributed by atoms with Gasteiger partial charge in [0.05, 0.1) is 11.6 Å². The molecule has 1 atom stereocenters. The van der Waals surface area contributed by atoms with Crippen molar-refractivity contribution in [1.82, 2.24) is 14.9 Å². The van der Waals surface area contributed by atoms with Crippen molar-refractivity contribution in [3.8, 4) is 11.1 Å². The topological polar surface area (TPSA) is 58.1 Å². The summed E-state index contributed by atoms with van der Waals surface area (Å²) in [4.78, 5) is 22.7. The van der Waals surface area contributed by atoms with Crippen LogP contribution < -0.4 is 5.32 Å². The molecule has 1 aromatic carbocycles. The third kappa shape index (κ3) is 5.32. The predicted molar refractivity (Wildman–Crippen MR) is 116 cm³/mol. The zero-order chi connectivity index (χ0) is 24.3. The molecule has 1 unspecified atom stereocenters. The molecule has 0 radical (unpaired) electrons. The zero-order valence-electron chi connectivity index (χ0n) is 17.9. The van der Waals surface area contributed by atoms with Gasteiger partial charge in [-0.2, -0.15) is 13.2 Å². The Labute approximate surface area is 192 Å². The summed E-state index contributed by atoms with van der Waals surface area (Å²) in [7, 11) is 0. The normalized spacial score (nSPS) is 17.9. The minimum atomic E-state index is -4.53. The molecule has 1 saturated heterocycles. The van der Waals surface area contributed by atoms with Crippen LogP contribution in [0.3, 0.4) is 0 Å². The van der Waals surface area contributed by atoms with E-state index in [9.17, 15) is 26.7 Å². The SMILES string of the molecule is O=C(c1ncccc1-c1ccccc1)N1CCC(F)(F)CC1CNc1ccc(C(F)(F)F)cn1. The first-order chi connectivity index (χ1) is 16.1. The van der Waals surface area contributed by atoms with Crippen LogP contribution in [0.5, 0.6) is 0 Å². The molecule has 0 saturated carbocycles. The Hall–Kier alpha value is -3.56. The highest BCUT2D eigenvalue weighted by molar-refractivity contribution is 5.99. The molecule has 0 spiro atoms.